The Morgan fingerprint density at radius 1 is 0.906 bits per heavy atom. The van der Waals surface area contributed by atoms with Crippen LogP contribution in [-0.4, -0.2) is 23.7 Å². The molecule has 0 radical (unpaired) electrons. The van der Waals surface area contributed by atoms with E-state index in [2.05, 4.69) is 10.6 Å². The van der Waals surface area contributed by atoms with Crippen LogP contribution in [-0.2, 0) is 9.59 Å². The normalized spacial score (nSPS) is 11.5. The molecule has 0 aliphatic carbocycles. The minimum atomic E-state index is -0.333. The number of amides is 2. The number of nitrogens with one attached hydrogen (secondary N) is 2. The monoisotopic (exact) mass is 488 g/mol. The van der Waals surface area contributed by atoms with Gasteiger partial charge >= 0.3 is 0 Å². The molecule has 0 spiro atoms. The Morgan fingerprint density at radius 3 is 2.31 bits per heavy atom. The van der Waals surface area contributed by atoms with E-state index in [0.29, 0.717) is 33.6 Å². The Labute approximate surface area is 201 Å². The highest BCUT2D eigenvalue weighted by Gasteiger charge is 2.19. The van der Waals surface area contributed by atoms with Gasteiger partial charge in [0.2, 0.25) is 5.91 Å². The van der Waals surface area contributed by atoms with Gasteiger partial charge in [-0.1, -0.05) is 54.4 Å². The number of anilines is 2. The standard InChI is InChI=1S/C24H22Cl2N2O3S/c1-2-22(24(30)28-19-12-16(25)11-17(26)13-19)32-21-10-6-7-18(14-21)27-23(29)15-31-20-8-4-3-5-9-20/h3-14,22H,2,15H2,1H3,(H,27,29)(H,28,30). The van der Waals surface area contributed by atoms with Gasteiger partial charge in [0, 0.05) is 26.3 Å². The number of carbonyl (C=O) groups excluding carboxylic acids is 2. The maximum Gasteiger partial charge on any atom is 0.262 e. The van der Waals surface area contributed by atoms with Crippen molar-refractivity contribution in [1.82, 2.24) is 0 Å². The van der Waals surface area contributed by atoms with Crippen LogP contribution >= 0.6 is 35.0 Å². The third kappa shape index (κ3) is 7.48. The summed E-state index contributed by atoms with van der Waals surface area (Å²) >= 11 is 13.4. The second-order valence-corrected chi connectivity index (χ2v) is 8.99. The van der Waals surface area contributed by atoms with Crippen LogP contribution in [0.25, 0.3) is 0 Å². The number of thioether (sulfide) groups is 1. The second kappa shape index (κ2) is 11.8. The van der Waals surface area contributed by atoms with Crippen LogP contribution in [0, 0.1) is 0 Å². The van der Waals surface area contributed by atoms with Crippen LogP contribution in [0.2, 0.25) is 10.0 Å². The van der Waals surface area contributed by atoms with E-state index >= 15 is 0 Å². The number of benzene rings is 3. The van der Waals surface area contributed by atoms with E-state index in [1.807, 2.05) is 43.3 Å². The van der Waals surface area contributed by atoms with Gasteiger partial charge in [0.05, 0.1) is 5.25 Å². The summed E-state index contributed by atoms with van der Waals surface area (Å²) in [4.78, 5) is 25.8. The smallest absolute Gasteiger partial charge is 0.262 e. The van der Waals surface area contributed by atoms with Crippen molar-refractivity contribution in [3.63, 3.8) is 0 Å². The molecular weight excluding hydrogens is 467 g/mol. The molecule has 3 rings (SSSR count). The lowest BCUT2D eigenvalue weighted by Gasteiger charge is -2.16. The predicted octanol–water partition coefficient (Wildman–Crippen LogP) is 6.52. The molecule has 3 aromatic rings. The zero-order valence-electron chi connectivity index (χ0n) is 17.3. The summed E-state index contributed by atoms with van der Waals surface area (Å²) in [6, 6.07) is 21.4. The fraction of sp³-hybridized carbons (Fsp3) is 0.167. The lowest BCUT2D eigenvalue weighted by atomic mass is 10.2. The van der Waals surface area contributed by atoms with Gasteiger partial charge in [0.1, 0.15) is 5.75 Å². The third-order valence-corrected chi connectivity index (χ3v) is 6.10. The first kappa shape index (κ1) is 24.0. The van der Waals surface area contributed by atoms with Gasteiger partial charge in [-0.15, -0.1) is 11.8 Å². The van der Waals surface area contributed by atoms with Gasteiger partial charge in [-0.05, 0) is 55.0 Å². The molecule has 166 valence electrons. The summed E-state index contributed by atoms with van der Waals surface area (Å²) in [5.74, 6) is 0.213. The molecular formula is C24H22Cl2N2O3S. The summed E-state index contributed by atoms with van der Waals surface area (Å²) < 4.78 is 5.47. The van der Waals surface area contributed by atoms with Crippen molar-refractivity contribution < 1.29 is 14.3 Å². The largest absolute Gasteiger partial charge is 0.484 e. The highest BCUT2D eigenvalue weighted by Crippen LogP contribution is 2.29. The highest BCUT2D eigenvalue weighted by molar-refractivity contribution is 8.00. The van der Waals surface area contributed by atoms with Gasteiger partial charge in [-0.25, -0.2) is 0 Å². The van der Waals surface area contributed by atoms with Crippen LogP contribution < -0.4 is 15.4 Å². The van der Waals surface area contributed by atoms with Crippen molar-refractivity contribution in [3.8, 4) is 5.75 Å². The van der Waals surface area contributed by atoms with Gasteiger partial charge in [0.25, 0.3) is 5.91 Å². The molecule has 0 saturated heterocycles. The number of hydrogen-bond donors (Lipinski definition) is 2. The predicted molar refractivity (Wildman–Crippen MR) is 132 cm³/mol. The number of halogens is 2. The molecule has 0 fully saturated rings. The maximum atomic E-state index is 12.7. The number of rotatable bonds is 9. The molecule has 1 atom stereocenters. The third-order valence-electron chi connectivity index (χ3n) is 4.30. The maximum absolute atomic E-state index is 12.7. The highest BCUT2D eigenvalue weighted by atomic mass is 35.5. The van der Waals surface area contributed by atoms with Crippen molar-refractivity contribution in [2.45, 2.75) is 23.5 Å². The zero-order chi connectivity index (χ0) is 22.9. The van der Waals surface area contributed by atoms with E-state index < -0.39 is 0 Å². The molecule has 32 heavy (non-hydrogen) atoms. The average molecular weight is 489 g/mol. The van der Waals surface area contributed by atoms with E-state index in [9.17, 15) is 9.59 Å². The second-order valence-electron chi connectivity index (χ2n) is 6.84. The van der Waals surface area contributed by atoms with Gasteiger partial charge in [-0.3, -0.25) is 9.59 Å². The first-order valence-corrected chi connectivity index (χ1v) is 11.6. The molecule has 0 bridgehead atoms. The summed E-state index contributed by atoms with van der Waals surface area (Å²) in [6.45, 7) is 1.85. The van der Waals surface area contributed by atoms with Crippen LogP contribution in [0.1, 0.15) is 13.3 Å². The molecule has 8 heteroatoms. The van der Waals surface area contributed by atoms with Crippen molar-refractivity contribution >= 4 is 58.2 Å². The van der Waals surface area contributed by atoms with Gasteiger partial charge < -0.3 is 15.4 Å². The van der Waals surface area contributed by atoms with E-state index in [-0.39, 0.29) is 23.7 Å². The van der Waals surface area contributed by atoms with E-state index in [4.69, 9.17) is 27.9 Å². The number of carbonyl (C=O) groups is 2. The number of para-hydroxylation sites is 1. The summed E-state index contributed by atoms with van der Waals surface area (Å²) in [5, 5.41) is 6.25. The lowest BCUT2D eigenvalue weighted by Crippen LogP contribution is -2.24. The molecule has 0 heterocycles. The van der Waals surface area contributed by atoms with Crippen molar-refractivity contribution in [1.29, 1.82) is 0 Å². The van der Waals surface area contributed by atoms with Crippen molar-refractivity contribution in [2.75, 3.05) is 17.2 Å². The summed E-state index contributed by atoms with van der Waals surface area (Å²) in [7, 11) is 0. The Bertz CT molecular complexity index is 1060. The van der Waals surface area contributed by atoms with Crippen LogP contribution in [0.4, 0.5) is 11.4 Å². The molecule has 2 N–H and O–H groups in total. The molecule has 0 aliphatic rings. The molecule has 1 unspecified atom stereocenters. The molecule has 3 aromatic carbocycles. The molecule has 0 saturated carbocycles. The fourth-order valence-corrected chi connectivity index (χ4v) is 4.38. The van der Waals surface area contributed by atoms with Crippen LogP contribution in [0.5, 0.6) is 5.75 Å². The molecule has 2 amide bonds. The SMILES string of the molecule is CCC(Sc1cccc(NC(=O)COc2ccccc2)c1)C(=O)Nc1cc(Cl)cc(Cl)c1. The van der Waals surface area contributed by atoms with Gasteiger partial charge in [0.15, 0.2) is 6.61 Å². The summed E-state index contributed by atoms with van der Waals surface area (Å²) in [5.41, 5.74) is 1.18. The van der Waals surface area contributed by atoms with E-state index in [0.717, 1.165) is 4.90 Å². The average Bonchev–Trinajstić information content (AvgIpc) is 2.76. The van der Waals surface area contributed by atoms with Crippen molar-refractivity contribution in [2.24, 2.45) is 0 Å². The number of hydrogen-bond acceptors (Lipinski definition) is 4. The molecule has 0 aliphatic heterocycles. The molecule has 5 nitrogen and oxygen atoms in total. The quantitative estimate of drug-likeness (QED) is 0.336. The van der Waals surface area contributed by atoms with E-state index in [1.54, 1.807) is 36.4 Å². The fourth-order valence-electron chi connectivity index (χ4n) is 2.85. The number of ether oxygens (including phenoxy) is 1. The Morgan fingerprint density at radius 2 is 1.62 bits per heavy atom. The lowest BCUT2D eigenvalue weighted by molar-refractivity contribution is -0.118. The first-order chi connectivity index (χ1) is 15.4. The molecule has 0 aromatic heterocycles. The summed E-state index contributed by atoms with van der Waals surface area (Å²) in [6.07, 6.45) is 0.617. The zero-order valence-corrected chi connectivity index (χ0v) is 19.6. The minimum Gasteiger partial charge on any atom is -0.484 e. The minimum absolute atomic E-state index is 0.0937. The van der Waals surface area contributed by atoms with Crippen molar-refractivity contribution in [3.05, 3.63) is 82.8 Å². The Kier molecular flexibility index (Phi) is 8.85. The Balaban J connectivity index is 1.58. The van der Waals surface area contributed by atoms with E-state index in [1.165, 1.54) is 11.8 Å². The first-order valence-electron chi connectivity index (χ1n) is 9.94. The van der Waals surface area contributed by atoms with Gasteiger partial charge in [-0.2, -0.15) is 0 Å². The van der Waals surface area contributed by atoms with Crippen LogP contribution in [0.3, 0.4) is 0 Å². The van der Waals surface area contributed by atoms with Crippen LogP contribution in [0.15, 0.2) is 77.7 Å². The topological polar surface area (TPSA) is 67.4 Å². The Hall–Kier alpha value is -2.67.